The van der Waals surface area contributed by atoms with Gasteiger partial charge < -0.3 is 4.74 Å². The Kier molecular flexibility index (Phi) is 2.04. The highest BCUT2D eigenvalue weighted by Crippen LogP contribution is 2.37. The molecule has 1 fully saturated rings. The van der Waals surface area contributed by atoms with Gasteiger partial charge in [0, 0.05) is 0 Å². The highest BCUT2D eigenvalue weighted by molar-refractivity contribution is 4.84. The summed E-state index contributed by atoms with van der Waals surface area (Å²) in [4.78, 5) is 0. The molecule has 1 heteroatoms. The fraction of sp³-hybridized carbons (Fsp3) is 1.00. The van der Waals surface area contributed by atoms with Crippen LogP contribution in [0, 0.1) is 17.3 Å². The summed E-state index contributed by atoms with van der Waals surface area (Å²) in [6.45, 7) is 11.1. The molecule has 1 aliphatic heterocycles. The van der Waals surface area contributed by atoms with Crippen molar-refractivity contribution in [2.75, 3.05) is 13.2 Å². The maximum absolute atomic E-state index is 5.43. The zero-order chi connectivity index (χ0) is 7.78. The van der Waals surface area contributed by atoms with Crippen LogP contribution in [0.2, 0.25) is 0 Å². The first kappa shape index (κ1) is 8.06. The van der Waals surface area contributed by atoms with Gasteiger partial charge in [0.05, 0.1) is 13.2 Å². The Morgan fingerprint density at radius 3 is 2.20 bits per heavy atom. The van der Waals surface area contributed by atoms with Crippen LogP contribution < -0.4 is 0 Å². The minimum absolute atomic E-state index is 0.411. The van der Waals surface area contributed by atoms with Crippen molar-refractivity contribution in [1.82, 2.24) is 0 Å². The number of rotatable bonds is 1. The largest absolute Gasteiger partial charge is 0.381 e. The van der Waals surface area contributed by atoms with Crippen LogP contribution in [0.15, 0.2) is 0 Å². The third-order valence-electron chi connectivity index (χ3n) is 2.58. The lowest BCUT2D eigenvalue weighted by molar-refractivity contribution is 0.166. The van der Waals surface area contributed by atoms with Gasteiger partial charge in [0.25, 0.3) is 0 Å². The minimum Gasteiger partial charge on any atom is -0.381 e. The lowest BCUT2D eigenvalue weighted by Gasteiger charge is -2.27. The molecule has 0 aliphatic carbocycles. The zero-order valence-corrected chi connectivity index (χ0v) is 7.48. The van der Waals surface area contributed by atoms with Gasteiger partial charge in [-0.3, -0.25) is 0 Å². The average Bonchev–Trinajstić information content (AvgIpc) is 2.08. The Hall–Kier alpha value is -0.0400. The molecule has 0 aromatic carbocycles. The fourth-order valence-electron chi connectivity index (χ4n) is 1.88. The normalized spacial score (nSPS) is 31.5. The molecule has 10 heavy (non-hydrogen) atoms. The van der Waals surface area contributed by atoms with Gasteiger partial charge in [-0.05, 0) is 17.3 Å². The van der Waals surface area contributed by atoms with E-state index in [1.165, 1.54) is 0 Å². The third kappa shape index (κ3) is 1.34. The van der Waals surface area contributed by atoms with Crippen LogP contribution in [0.3, 0.4) is 0 Å². The van der Waals surface area contributed by atoms with Gasteiger partial charge in [-0.2, -0.15) is 0 Å². The molecule has 0 unspecified atom stereocenters. The smallest absolute Gasteiger partial charge is 0.0520 e. The maximum atomic E-state index is 5.43. The zero-order valence-electron chi connectivity index (χ0n) is 7.48. The molecule has 1 aliphatic rings. The Balaban J connectivity index is 2.59. The van der Waals surface area contributed by atoms with Gasteiger partial charge >= 0.3 is 0 Å². The van der Waals surface area contributed by atoms with E-state index >= 15 is 0 Å². The van der Waals surface area contributed by atoms with Crippen LogP contribution in [0.4, 0.5) is 0 Å². The van der Waals surface area contributed by atoms with Crippen LogP contribution >= 0.6 is 0 Å². The van der Waals surface area contributed by atoms with Crippen LogP contribution in [-0.4, -0.2) is 13.2 Å². The molecule has 0 spiro atoms. The summed E-state index contributed by atoms with van der Waals surface area (Å²) in [5, 5.41) is 0. The molecule has 1 saturated heterocycles. The second kappa shape index (κ2) is 2.54. The average molecular weight is 142 g/mol. The highest BCUT2D eigenvalue weighted by atomic mass is 16.5. The molecule has 0 N–H and O–H groups in total. The van der Waals surface area contributed by atoms with E-state index in [9.17, 15) is 0 Å². The summed E-state index contributed by atoms with van der Waals surface area (Å²) in [7, 11) is 0. The number of ether oxygens (including phenoxy) is 1. The van der Waals surface area contributed by atoms with E-state index in [1.807, 2.05) is 0 Å². The second-order valence-electron chi connectivity index (χ2n) is 4.35. The summed E-state index contributed by atoms with van der Waals surface area (Å²) in [6.07, 6.45) is 0. The fourth-order valence-corrected chi connectivity index (χ4v) is 1.88. The first-order chi connectivity index (χ1) is 4.54. The Morgan fingerprint density at radius 2 is 2.00 bits per heavy atom. The molecule has 1 rings (SSSR count). The lowest BCUT2D eigenvalue weighted by Crippen LogP contribution is -2.26. The van der Waals surface area contributed by atoms with E-state index in [0.29, 0.717) is 5.41 Å². The van der Waals surface area contributed by atoms with Gasteiger partial charge in [-0.15, -0.1) is 0 Å². The third-order valence-corrected chi connectivity index (χ3v) is 2.58. The molecule has 1 heterocycles. The van der Waals surface area contributed by atoms with E-state index in [2.05, 4.69) is 27.7 Å². The standard InChI is InChI=1S/C9H18O/c1-7(2)8-5-10-6-9(8,3)4/h7-8H,5-6H2,1-4H3/t8-/m0/s1. The first-order valence-electron chi connectivity index (χ1n) is 4.12. The molecule has 0 aromatic heterocycles. The van der Waals surface area contributed by atoms with Crippen molar-refractivity contribution in [1.29, 1.82) is 0 Å². The second-order valence-corrected chi connectivity index (χ2v) is 4.35. The van der Waals surface area contributed by atoms with Crippen molar-refractivity contribution in [2.24, 2.45) is 17.3 Å². The van der Waals surface area contributed by atoms with Crippen molar-refractivity contribution in [3.8, 4) is 0 Å². The van der Waals surface area contributed by atoms with Crippen molar-refractivity contribution < 1.29 is 4.74 Å². The SMILES string of the molecule is CC(C)[C@@H]1COCC1(C)C. The van der Waals surface area contributed by atoms with Gasteiger partial charge in [0.2, 0.25) is 0 Å². The summed E-state index contributed by atoms with van der Waals surface area (Å²) in [6, 6.07) is 0. The molecule has 0 amide bonds. The minimum atomic E-state index is 0.411. The monoisotopic (exact) mass is 142 g/mol. The first-order valence-corrected chi connectivity index (χ1v) is 4.12. The number of hydrogen-bond acceptors (Lipinski definition) is 1. The van der Waals surface area contributed by atoms with Crippen molar-refractivity contribution in [3.05, 3.63) is 0 Å². The number of hydrogen-bond donors (Lipinski definition) is 0. The lowest BCUT2D eigenvalue weighted by atomic mass is 9.76. The van der Waals surface area contributed by atoms with Gasteiger partial charge in [-0.1, -0.05) is 27.7 Å². The van der Waals surface area contributed by atoms with Crippen LogP contribution in [0.5, 0.6) is 0 Å². The van der Waals surface area contributed by atoms with E-state index in [1.54, 1.807) is 0 Å². The summed E-state index contributed by atoms with van der Waals surface area (Å²) in [5.41, 5.74) is 0.411. The molecule has 1 atom stereocenters. The molecule has 1 nitrogen and oxygen atoms in total. The molecule has 60 valence electrons. The maximum Gasteiger partial charge on any atom is 0.0520 e. The summed E-state index contributed by atoms with van der Waals surface area (Å²) >= 11 is 0. The van der Waals surface area contributed by atoms with Crippen LogP contribution in [-0.2, 0) is 4.74 Å². The van der Waals surface area contributed by atoms with E-state index < -0.39 is 0 Å². The summed E-state index contributed by atoms with van der Waals surface area (Å²) in [5.74, 6) is 1.52. The van der Waals surface area contributed by atoms with E-state index in [4.69, 9.17) is 4.74 Å². The quantitative estimate of drug-likeness (QED) is 0.546. The Bertz CT molecular complexity index is 116. The molecule has 0 saturated carbocycles. The van der Waals surface area contributed by atoms with Gasteiger partial charge in [-0.25, -0.2) is 0 Å². The van der Waals surface area contributed by atoms with E-state index in [-0.39, 0.29) is 0 Å². The van der Waals surface area contributed by atoms with Crippen molar-refractivity contribution in [3.63, 3.8) is 0 Å². The molecule has 0 radical (unpaired) electrons. The predicted molar refractivity (Wildman–Crippen MR) is 42.9 cm³/mol. The molecular formula is C9H18O. The van der Waals surface area contributed by atoms with Gasteiger partial charge in [0.15, 0.2) is 0 Å². The Labute approximate surface area is 63.8 Å². The highest BCUT2D eigenvalue weighted by Gasteiger charge is 2.37. The van der Waals surface area contributed by atoms with Crippen molar-refractivity contribution >= 4 is 0 Å². The molecule has 0 bridgehead atoms. The van der Waals surface area contributed by atoms with Crippen molar-refractivity contribution in [2.45, 2.75) is 27.7 Å². The van der Waals surface area contributed by atoms with Crippen LogP contribution in [0.25, 0.3) is 0 Å². The van der Waals surface area contributed by atoms with Gasteiger partial charge in [0.1, 0.15) is 0 Å². The summed E-state index contributed by atoms with van der Waals surface area (Å²) < 4.78 is 5.43. The van der Waals surface area contributed by atoms with E-state index in [0.717, 1.165) is 25.0 Å². The predicted octanol–water partition coefficient (Wildman–Crippen LogP) is 2.32. The molecule has 0 aromatic rings. The molecular weight excluding hydrogens is 124 g/mol. The Morgan fingerprint density at radius 1 is 1.40 bits per heavy atom. The topological polar surface area (TPSA) is 9.23 Å². The van der Waals surface area contributed by atoms with Crippen LogP contribution in [0.1, 0.15) is 27.7 Å².